The first-order valence-electron chi connectivity index (χ1n) is 15.0. The van der Waals surface area contributed by atoms with Crippen molar-refractivity contribution in [2.75, 3.05) is 20.1 Å². The number of aromatic amines is 2. The van der Waals surface area contributed by atoms with Gasteiger partial charge < -0.3 is 35.5 Å². The molecule has 3 aromatic rings. The fourth-order valence-corrected chi connectivity index (χ4v) is 5.41. The second-order valence-corrected chi connectivity index (χ2v) is 11.4. The molecule has 0 saturated heterocycles. The number of aliphatic carboxylic acids is 2. The number of aliphatic hydroxyl groups excluding tert-OH is 3. The molecule has 248 valence electrons. The van der Waals surface area contributed by atoms with Crippen molar-refractivity contribution in [2.45, 2.75) is 53.4 Å². The van der Waals surface area contributed by atoms with E-state index in [-0.39, 0.29) is 12.8 Å². The van der Waals surface area contributed by atoms with E-state index in [9.17, 15) is 24.6 Å². The van der Waals surface area contributed by atoms with E-state index in [4.69, 9.17) is 25.3 Å². The third-order valence-corrected chi connectivity index (χ3v) is 8.09. The van der Waals surface area contributed by atoms with Crippen LogP contribution in [-0.4, -0.2) is 88.3 Å². The molecule has 1 amide bonds. The quantitative estimate of drug-likeness (QED) is 0.166. The lowest BCUT2D eigenvalue weighted by Crippen LogP contribution is -2.34. The molecule has 0 saturated carbocycles. The number of aliphatic hydroxyl groups is 3. The molecule has 0 fully saturated rings. The predicted molar refractivity (Wildman–Crippen MR) is 177 cm³/mol. The SMILES string of the molecule is CC1=Cc2cc3[nH]c(cc4nc(cc5[nH]c(cc1n2)c(C)c5CCC(=O)O)C(CCC(=O)O)=C4C)cc3C.O=C(CO)N(CO)CO. The van der Waals surface area contributed by atoms with Crippen LogP contribution >= 0.6 is 0 Å². The normalized spacial score (nSPS) is 12.4. The maximum absolute atomic E-state index is 11.4. The van der Waals surface area contributed by atoms with Crippen LogP contribution in [0, 0.1) is 13.8 Å². The van der Waals surface area contributed by atoms with Crippen LogP contribution in [0.1, 0.15) is 72.6 Å². The van der Waals surface area contributed by atoms with Crippen molar-refractivity contribution in [3.63, 3.8) is 0 Å². The molecule has 0 spiro atoms. The Morgan fingerprint density at radius 2 is 1.40 bits per heavy atom. The van der Waals surface area contributed by atoms with Gasteiger partial charge in [-0.2, -0.15) is 0 Å². The van der Waals surface area contributed by atoms with Gasteiger partial charge in [0.25, 0.3) is 5.91 Å². The van der Waals surface area contributed by atoms with Crippen LogP contribution in [0.4, 0.5) is 0 Å². The first kappa shape index (κ1) is 34.8. The summed E-state index contributed by atoms with van der Waals surface area (Å²) in [6, 6.07) is 9.98. The van der Waals surface area contributed by atoms with Gasteiger partial charge in [-0.15, -0.1) is 0 Å². The van der Waals surface area contributed by atoms with Gasteiger partial charge in [-0.05, 0) is 110 Å². The minimum Gasteiger partial charge on any atom is -0.481 e. The lowest BCUT2D eigenvalue weighted by molar-refractivity contribution is -0.142. The monoisotopic (exact) mass is 645 g/mol. The van der Waals surface area contributed by atoms with Crippen LogP contribution in [0.15, 0.2) is 30.3 Å². The Labute approximate surface area is 270 Å². The number of carboxylic acid groups (broad SMARTS) is 2. The van der Waals surface area contributed by atoms with E-state index >= 15 is 0 Å². The summed E-state index contributed by atoms with van der Waals surface area (Å²) in [6.07, 6.45) is 2.74. The number of carbonyl (C=O) groups excluding carboxylic acids is 1. The number of hydrogen-bond donors (Lipinski definition) is 7. The van der Waals surface area contributed by atoms with Crippen LogP contribution < -0.4 is 0 Å². The van der Waals surface area contributed by atoms with Gasteiger partial charge in [-0.3, -0.25) is 19.3 Å². The number of hydrogen-bond acceptors (Lipinski definition) is 8. The lowest BCUT2D eigenvalue weighted by Gasteiger charge is -2.13. The van der Waals surface area contributed by atoms with Gasteiger partial charge in [-0.25, -0.2) is 9.97 Å². The third-order valence-electron chi connectivity index (χ3n) is 8.09. The Bertz CT molecular complexity index is 1930. The van der Waals surface area contributed by atoms with Crippen molar-refractivity contribution in [3.05, 3.63) is 69.8 Å². The molecule has 0 atom stereocenters. The summed E-state index contributed by atoms with van der Waals surface area (Å²) in [4.78, 5) is 50.5. The number of nitrogens with one attached hydrogen (secondary N) is 2. The molecule has 5 heterocycles. The van der Waals surface area contributed by atoms with Gasteiger partial charge in [0, 0.05) is 34.9 Å². The van der Waals surface area contributed by atoms with Crippen LogP contribution in [-0.2, 0) is 20.8 Å². The Kier molecular flexibility index (Phi) is 11.1. The second-order valence-electron chi connectivity index (χ2n) is 11.4. The zero-order valence-corrected chi connectivity index (χ0v) is 26.7. The summed E-state index contributed by atoms with van der Waals surface area (Å²) in [5.41, 5.74) is 12.4. The summed E-state index contributed by atoms with van der Waals surface area (Å²) in [6.45, 7) is 6.17. The van der Waals surface area contributed by atoms with Crippen LogP contribution in [0.2, 0.25) is 0 Å². The molecular weight excluding hydrogens is 606 g/mol. The van der Waals surface area contributed by atoms with Gasteiger partial charge in [0.15, 0.2) is 0 Å². The van der Waals surface area contributed by atoms with Crippen molar-refractivity contribution in [1.29, 1.82) is 0 Å². The number of rotatable bonds is 9. The summed E-state index contributed by atoms with van der Waals surface area (Å²) >= 11 is 0. The van der Waals surface area contributed by atoms with Crippen molar-refractivity contribution < 1.29 is 39.9 Å². The maximum Gasteiger partial charge on any atom is 0.303 e. The number of carbonyl (C=O) groups is 3. The second kappa shape index (κ2) is 15.0. The molecule has 3 aromatic heterocycles. The smallest absolute Gasteiger partial charge is 0.303 e. The summed E-state index contributed by atoms with van der Waals surface area (Å²) in [5.74, 6) is -2.43. The molecule has 0 aliphatic carbocycles. The van der Waals surface area contributed by atoms with Crippen molar-refractivity contribution in [1.82, 2.24) is 24.8 Å². The molecule has 2 aliphatic rings. The number of nitrogens with zero attached hydrogens (tertiary/aromatic N) is 3. The van der Waals surface area contributed by atoms with Crippen molar-refractivity contribution in [3.8, 4) is 0 Å². The molecule has 0 unspecified atom stereocenters. The summed E-state index contributed by atoms with van der Waals surface area (Å²) in [7, 11) is 0. The van der Waals surface area contributed by atoms with Gasteiger partial charge in [0.1, 0.15) is 20.1 Å². The van der Waals surface area contributed by atoms with Crippen LogP contribution in [0.3, 0.4) is 0 Å². The Hall–Kier alpha value is -5.11. The van der Waals surface area contributed by atoms with E-state index in [1.165, 1.54) is 0 Å². The van der Waals surface area contributed by atoms with E-state index < -0.39 is 37.9 Å². The maximum atomic E-state index is 11.4. The van der Waals surface area contributed by atoms with Crippen molar-refractivity contribution in [2.24, 2.45) is 0 Å². The summed E-state index contributed by atoms with van der Waals surface area (Å²) < 4.78 is 0. The predicted octanol–water partition coefficient (Wildman–Crippen LogP) is 4.01. The number of allylic oxidation sites excluding steroid dienone is 3. The number of carboxylic acids is 2. The molecule has 5 rings (SSSR count). The Balaban J connectivity index is 0.000000488. The first-order valence-corrected chi connectivity index (χ1v) is 15.0. The number of aromatic nitrogens is 4. The largest absolute Gasteiger partial charge is 0.481 e. The molecular formula is C34H39N5O8. The molecule has 0 aromatic carbocycles. The molecule has 47 heavy (non-hydrogen) atoms. The molecule has 2 aliphatic heterocycles. The van der Waals surface area contributed by atoms with Crippen molar-refractivity contribution >= 4 is 62.7 Å². The van der Waals surface area contributed by atoms with Crippen LogP contribution in [0.25, 0.3) is 44.9 Å². The zero-order chi connectivity index (χ0) is 34.4. The molecule has 13 heteroatoms. The number of aryl methyl sites for hydroxylation is 3. The molecule has 8 bridgehead atoms. The molecule has 13 nitrogen and oxygen atoms in total. The van der Waals surface area contributed by atoms with E-state index in [1.54, 1.807) is 0 Å². The highest BCUT2D eigenvalue weighted by Crippen LogP contribution is 2.34. The summed E-state index contributed by atoms with van der Waals surface area (Å²) in [5, 5.41) is 43.4. The average Bonchev–Trinajstić information content (AvgIpc) is 3.72. The fraction of sp³-hybridized carbons (Fsp3) is 0.324. The van der Waals surface area contributed by atoms with Gasteiger partial charge in [0.2, 0.25) is 0 Å². The van der Waals surface area contributed by atoms with E-state index in [1.807, 2.05) is 58.0 Å². The lowest BCUT2D eigenvalue weighted by atomic mass is 10.0. The molecule has 7 N–H and O–H groups in total. The minimum absolute atomic E-state index is 0.00160. The first-order chi connectivity index (χ1) is 22.3. The highest BCUT2D eigenvalue weighted by molar-refractivity contribution is 5.94. The van der Waals surface area contributed by atoms with Crippen LogP contribution in [0.5, 0.6) is 0 Å². The Morgan fingerprint density at radius 1 is 0.745 bits per heavy atom. The Morgan fingerprint density at radius 3 is 2.02 bits per heavy atom. The third kappa shape index (κ3) is 8.19. The molecule has 0 radical (unpaired) electrons. The van der Waals surface area contributed by atoms with E-state index in [0.29, 0.717) is 23.4 Å². The highest BCUT2D eigenvalue weighted by Gasteiger charge is 2.19. The van der Waals surface area contributed by atoms with Gasteiger partial charge in [-0.1, -0.05) is 0 Å². The minimum atomic E-state index is -0.868. The average molecular weight is 646 g/mol. The standard InChI is InChI=1S/C30H30N4O4.C4H9NO4/c1-15-9-20-12-25-17(3)21(5-7-29(35)36)27(33-25)14-28-22(6-8-30(37)38)18(4)26(34-28)13-24-16(2)10-19(32-24)11-23(15)31-20;6-1-4(9)5(2-7)3-8/h9-14,31,34H,5-8H2,1-4H3,(H,35,36)(H,37,38);6-8H,1-3H2. The number of amides is 1. The van der Waals surface area contributed by atoms with Gasteiger partial charge >= 0.3 is 11.9 Å². The van der Waals surface area contributed by atoms with E-state index in [0.717, 1.165) is 72.6 Å². The van der Waals surface area contributed by atoms with E-state index in [2.05, 4.69) is 16.0 Å². The van der Waals surface area contributed by atoms with Gasteiger partial charge in [0.05, 0.1) is 22.8 Å². The fourth-order valence-electron chi connectivity index (χ4n) is 5.41. The number of H-pyrrole nitrogens is 2. The number of fused-ring (bicyclic) bond motifs is 8. The topological polar surface area (TPSA) is 213 Å². The zero-order valence-electron chi connectivity index (χ0n) is 26.7. The highest BCUT2D eigenvalue weighted by atomic mass is 16.4.